The molecule has 0 saturated heterocycles. The maximum absolute atomic E-state index is 13.5. The maximum Gasteiger partial charge on any atom is 0.341 e. The molecule has 42 heavy (non-hydrogen) atoms. The van der Waals surface area contributed by atoms with E-state index in [9.17, 15) is 14.4 Å². The van der Waals surface area contributed by atoms with Gasteiger partial charge in [-0.3, -0.25) is 9.59 Å². The summed E-state index contributed by atoms with van der Waals surface area (Å²) < 4.78 is 5.14. The summed E-state index contributed by atoms with van der Waals surface area (Å²) in [5.74, 6) is -0.380. The first-order chi connectivity index (χ1) is 20.4. The lowest BCUT2D eigenvalue weighted by molar-refractivity contribution is -0.115. The second-order valence-corrected chi connectivity index (χ2v) is 12.7. The van der Waals surface area contributed by atoms with Gasteiger partial charge in [0.2, 0.25) is 5.91 Å². The molecule has 6 nitrogen and oxygen atoms in total. The molecule has 0 fully saturated rings. The van der Waals surface area contributed by atoms with E-state index >= 15 is 0 Å². The molecule has 1 aliphatic rings. The molecule has 5 rings (SSSR count). The van der Waals surface area contributed by atoms with E-state index in [1.165, 1.54) is 35.8 Å². The van der Waals surface area contributed by atoms with Crippen LogP contribution in [0.4, 0.5) is 10.7 Å². The minimum atomic E-state index is -0.418. The summed E-state index contributed by atoms with van der Waals surface area (Å²) in [6, 6.07) is 25.4. The van der Waals surface area contributed by atoms with Crippen molar-refractivity contribution in [3.8, 4) is 0 Å². The highest BCUT2D eigenvalue weighted by Crippen LogP contribution is 2.43. The van der Waals surface area contributed by atoms with Crippen molar-refractivity contribution in [2.45, 2.75) is 55.6 Å². The Kier molecular flexibility index (Phi) is 9.45. The molecule has 0 spiro atoms. The fourth-order valence-corrected chi connectivity index (χ4v) is 7.69. The molecule has 0 radical (unpaired) electrons. The van der Waals surface area contributed by atoms with Gasteiger partial charge < -0.3 is 15.4 Å². The third-order valence-electron chi connectivity index (χ3n) is 7.59. The van der Waals surface area contributed by atoms with Crippen molar-refractivity contribution >= 4 is 51.6 Å². The quantitative estimate of drug-likeness (QED) is 0.151. The van der Waals surface area contributed by atoms with Crippen LogP contribution in [-0.4, -0.2) is 30.1 Å². The number of thiophene rings is 1. The fraction of sp³-hybridized carbons (Fsp3) is 0.265. The van der Waals surface area contributed by atoms with Crippen LogP contribution in [0.25, 0.3) is 0 Å². The predicted molar refractivity (Wildman–Crippen MR) is 171 cm³/mol. The second-order valence-electron chi connectivity index (χ2n) is 10.4. The van der Waals surface area contributed by atoms with Crippen molar-refractivity contribution in [2.24, 2.45) is 0 Å². The Balaban J connectivity index is 1.31. The summed E-state index contributed by atoms with van der Waals surface area (Å²) >= 11 is 2.92. The van der Waals surface area contributed by atoms with Gasteiger partial charge in [-0.15, -0.1) is 23.1 Å². The van der Waals surface area contributed by atoms with Gasteiger partial charge >= 0.3 is 5.97 Å². The zero-order valence-corrected chi connectivity index (χ0v) is 25.6. The smallest absolute Gasteiger partial charge is 0.341 e. The molecule has 0 bridgehead atoms. The van der Waals surface area contributed by atoms with Gasteiger partial charge in [-0.2, -0.15) is 0 Å². The molecular formula is C34H34N2O4S2. The van der Waals surface area contributed by atoms with E-state index in [0.717, 1.165) is 40.2 Å². The van der Waals surface area contributed by atoms with Crippen molar-refractivity contribution in [1.82, 2.24) is 0 Å². The van der Waals surface area contributed by atoms with Crippen LogP contribution in [0.2, 0.25) is 0 Å². The van der Waals surface area contributed by atoms with E-state index < -0.39 is 11.2 Å². The number of esters is 1. The van der Waals surface area contributed by atoms with Crippen molar-refractivity contribution in [1.29, 1.82) is 0 Å². The summed E-state index contributed by atoms with van der Waals surface area (Å²) in [4.78, 5) is 41.2. The summed E-state index contributed by atoms with van der Waals surface area (Å²) in [5, 5.41) is 6.20. The lowest BCUT2D eigenvalue weighted by Gasteiger charge is -2.22. The topological polar surface area (TPSA) is 84.5 Å². The van der Waals surface area contributed by atoms with Crippen LogP contribution in [0.3, 0.4) is 0 Å². The number of carbonyl (C=O) groups excluding carboxylic acids is 3. The van der Waals surface area contributed by atoms with E-state index in [1.807, 2.05) is 62.4 Å². The molecule has 8 heteroatoms. The number of amides is 2. The Morgan fingerprint density at radius 2 is 1.76 bits per heavy atom. The van der Waals surface area contributed by atoms with Crippen LogP contribution in [0.1, 0.15) is 68.0 Å². The average Bonchev–Trinajstić information content (AvgIpc) is 3.37. The third kappa shape index (κ3) is 6.61. The standard InChI is InChI=1S/C34H34N2O4S2/c1-4-28(41-25-15-10-14-24(20-25)35-31(37)26-16-9-8-11-21(26)2)32(38)36-33-30(34(39)40-3)27-18-17-23(19-29(27)42-33)22-12-6-5-7-13-22/h5-16,20,23,28H,4,17-19H2,1-3H3,(H,35,37)(H,36,38). The van der Waals surface area contributed by atoms with Crippen LogP contribution >= 0.6 is 23.1 Å². The molecule has 2 atom stereocenters. The van der Waals surface area contributed by atoms with Gasteiger partial charge in [0, 0.05) is 21.0 Å². The van der Waals surface area contributed by atoms with Gasteiger partial charge in [0.05, 0.1) is 17.9 Å². The lowest BCUT2D eigenvalue weighted by Crippen LogP contribution is -2.25. The first-order valence-electron chi connectivity index (χ1n) is 14.1. The molecule has 2 unspecified atom stereocenters. The van der Waals surface area contributed by atoms with Crippen LogP contribution in [0.15, 0.2) is 83.8 Å². The fourth-order valence-electron chi connectivity index (χ4n) is 5.35. The zero-order valence-electron chi connectivity index (χ0n) is 23.9. The average molecular weight is 599 g/mol. The predicted octanol–water partition coefficient (Wildman–Crippen LogP) is 7.88. The van der Waals surface area contributed by atoms with Crippen molar-refractivity contribution in [2.75, 3.05) is 17.7 Å². The summed E-state index contributed by atoms with van der Waals surface area (Å²) in [6.45, 7) is 3.87. The van der Waals surface area contributed by atoms with Gasteiger partial charge in [0.15, 0.2) is 0 Å². The number of benzene rings is 3. The normalized spacial score (nSPS) is 14.9. The maximum atomic E-state index is 13.5. The molecule has 2 amide bonds. The number of aryl methyl sites for hydroxylation is 1. The highest BCUT2D eigenvalue weighted by Gasteiger charge is 2.31. The number of rotatable bonds is 9. The summed E-state index contributed by atoms with van der Waals surface area (Å²) in [6.07, 6.45) is 3.12. The van der Waals surface area contributed by atoms with E-state index in [2.05, 4.69) is 34.9 Å². The Bertz CT molecular complexity index is 1600. The van der Waals surface area contributed by atoms with Gasteiger partial charge in [-0.25, -0.2) is 4.79 Å². The number of hydrogen-bond donors (Lipinski definition) is 2. The van der Waals surface area contributed by atoms with Crippen LogP contribution in [0.5, 0.6) is 0 Å². The molecule has 1 aromatic heterocycles. The van der Waals surface area contributed by atoms with E-state index in [1.54, 1.807) is 6.07 Å². The van der Waals surface area contributed by atoms with Crippen molar-refractivity contribution in [3.05, 3.63) is 112 Å². The number of nitrogens with one attached hydrogen (secondary N) is 2. The number of carbonyl (C=O) groups is 3. The van der Waals surface area contributed by atoms with Gasteiger partial charge in [-0.1, -0.05) is 61.5 Å². The van der Waals surface area contributed by atoms with E-state index in [4.69, 9.17) is 4.74 Å². The van der Waals surface area contributed by atoms with Crippen molar-refractivity contribution in [3.63, 3.8) is 0 Å². The molecule has 3 aromatic carbocycles. The minimum Gasteiger partial charge on any atom is -0.465 e. The zero-order chi connectivity index (χ0) is 29.6. The van der Waals surface area contributed by atoms with E-state index in [0.29, 0.717) is 34.2 Å². The van der Waals surface area contributed by atoms with Gasteiger partial charge in [-0.05, 0) is 79.5 Å². The van der Waals surface area contributed by atoms with E-state index in [-0.39, 0.29) is 11.8 Å². The molecular weight excluding hydrogens is 565 g/mol. The molecule has 0 saturated carbocycles. The van der Waals surface area contributed by atoms with Gasteiger partial charge in [0.25, 0.3) is 5.91 Å². The number of thioether (sulfide) groups is 1. The number of ether oxygens (including phenoxy) is 1. The molecule has 0 aliphatic heterocycles. The molecule has 1 heterocycles. The molecule has 1 aliphatic carbocycles. The van der Waals surface area contributed by atoms with Crippen LogP contribution in [0, 0.1) is 6.92 Å². The molecule has 216 valence electrons. The van der Waals surface area contributed by atoms with Crippen LogP contribution in [-0.2, 0) is 22.4 Å². The Morgan fingerprint density at radius 3 is 2.50 bits per heavy atom. The Hall–Kier alpha value is -3.88. The number of fused-ring (bicyclic) bond motifs is 1. The van der Waals surface area contributed by atoms with Gasteiger partial charge in [0.1, 0.15) is 5.00 Å². The highest BCUT2D eigenvalue weighted by atomic mass is 32.2. The first-order valence-corrected chi connectivity index (χ1v) is 15.8. The largest absolute Gasteiger partial charge is 0.465 e. The summed E-state index contributed by atoms with van der Waals surface area (Å²) in [5.41, 5.74) is 4.96. The number of hydrogen-bond acceptors (Lipinski definition) is 6. The third-order valence-corrected chi connectivity index (χ3v) is 10.1. The monoisotopic (exact) mass is 598 g/mol. The Labute approximate surface area is 254 Å². The lowest BCUT2D eigenvalue weighted by atomic mass is 9.83. The SMILES string of the molecule is CCC(Sc1cccc(NC(=O)c2ccccc2C)c1)C(=O)Nc1sc2c(c1C(=O)OC)CCC(c1ccccc1)C2. The second kappa shape index (κ2) is 13.4. The minimum absolute atomic E-state index is 0.166. The highest BCUT2D eigenvalue weighted by molar-refractivity contribution is 8.00. The number of anilines is 2. The summed E-state index contributed by atoms with van der Waals surface area (Å²) in [7, 11) is 1.38. The number of methoxy groups -OCH3 is 1. The molecule has 2 N–H and O–H groups in total. The van der Waals surface area contributed by atoms with Crippen LogP contribution < -0.4 is 10.6 Å². The van der Waals surface area contributed by atoms with Crippen molar-refractivity contribution < 1.29 is 19.1 Å². The first kappa shape index (κ1) is 29.6. The Morgan fingerprint density at radius 1 is 1.00 bits per heavy atom. The molecule has 4 aromatic rings.